The lowest BCUT2D eigenvalue weighted by Crippen LogP contribution is -2.16. The lowest BCUT2D eigenvalue weighted by Gasteiger charge is -2.17. The fourth-order valence-electron chi connectivity index (χ4n) is 2.44. The molecule has 0 bridgehead atoms. The van der Waals surface area contributed by atoms with Crippen molar-refractivity contribution in [2.45, 2.75) is 32.0 Å². The van der Waals surface area contributed by atoms with Gasteiger partial charge in [-0.3, -0.25) is 0 Å². The Morgan fingerprint density at radius 1 is 1.13 bits per heavy atom. The second kappa shape index (κ2) is 8.19. The lowest BCUT2D eigenvalue weighted by molar-refractivity contribution is 0.0526. The van der Waals surface area contributed by atoms with Gasteiger partial charge in [-0.05, 0) is 59.0 Å². The zero-order valence-electron chi connectivity index (χ0n) is 12.9. The average Bonchev–Trinajstić information content (AvgIpc) is 2.62. The first-order valence-corrected chi connectivity index (χ1v) is 8.70. The molecule has 1 heterocycles. The molecule has 1 aliphatic heterocycles. The van der Waals surface area contributed by atoms with Crippen molar-refractivity contribution in [3.8, 4) is 17.6 Å². The predicted octanol–water partition coefficient (Wildman–Crippen LogP) is 4.95. The van der Waals surface area contributed by atoms with E-state index in [2.05, 4.69) is 39.9 Å². The molecule has 1 fully saturated rings. The summed E-state index contributed by atoms with van der Waals surface area (Å²) in [7, 11) is 0. The van der Waals surface area contributed by atoms with E-state index < -0.39 is 0 Å². The van der Waals surface area contributed by atoms with Crippen LogP contribution >= 0.6 is 15.9 Å². The maximum Gasteiger partial charge on any atom is 0.121 e. The SMILES string of the molecule is Brc1ccc(OCc2ccccc2)cc1C#CC1CCCCO1. The minimum Gasteiger partial charge on any atom is -0.489 e. The van der Waals surface area contributed by atoms with E-state index in [0.29, 0.717) is 6.61 Å². The summed E-state index contributed by atoms with van der Waals surface area (Å²) < 4.78 is 12.5. The smallest absolute Gasteiger partial charge is 0.121 e. The first-order valence-electron chi connectivity index (χ1n) is 7.91. The summed E-state index contributed by atoms with van der Waals surface area (Å²) in [5, 5.41) is 0. The first-order chi connectivity index (χ1) is 11.3. The predicted molar refractivity (Wildman–Crippen MR) is 95.4 cm³/mol. The molecule has 0 N–H and O–H groups in total. The topological polar surface area (TPSA) is 18.5 Å². The molecule has 0 amide bonds. The summed E-state index contributed by atoms with van der Waals surface area (Å²) >= 11 is 3.55. The van der Waals surface area contributed by atoms with Gasteiger partial charge < -0.3 is 9.47 Å². The van der Waals surface area contributed by atoms with E-state index in [0.717, 1.165) is 40.8 Å². The van der Waals surface area contributed by atoms with Crippen LogP contribution < -0.4 is 4.74 Å². The lowest BCUT2D eigenvalue weighted by atomic mass is 10.1. The molecule has 2 aromatic rings. The van der Waals surface area contributed by atoms with Gasteiger partial charge >= 0.3 is 0 Å². The van der Waals surface area contributed by atoms with E-state index in [1.54, 1.807) is 0 Å². The molecule has 0 spiro atoms. The number of rotatable bonds is 3. The first kappa shape index (κ1) is 16.1. The van der Waals surface area contributed by atoms with Crippen LogP contribution in [0.15, 0.2) is 53.0 Å². The molecule has 1 aliphatic rings. The molecule has 0 radical (unpaired) electrons. The third-order valence-electron chi connectivity index (χ3n) is 3.73. The van der Waals surface area contributed by atoms with Crippen LogP contribution in [0.5, 0.6) is 5.75 Å². The summed E-state index contributed by atoms with van der Waals surface area (Å²) in [6.07, 6.45) is 3.42. The molecule has 1 unspecified atom stereocenters. The molecule has 2 nitrogen and oxygen atoms in total. The molecule has 1 atom stereocenters. The fraction of sp³-hybridized carbons (Fsp3) is 0.300. The standard InChI is InChI=1S/C20H19BrO2/c21-20-12-11-19(23-15-16-6-2-1-3-7-16)14-17(20)9-10-18-8-4-5-13-22-18/h1-3,6-7,11-12,14,18H,4-5,8,13,15H2. The molecule has 23 heavy (non-hydrogen) atoms. The molecule has 0 aliphatic carbocycles. The summed E-state index contributed by atoms with van der Waals surface area (Å²) in [6, 6.07) is 16.1. The molecular formula is C20H19BrO2. The summed E-state index contributed by atoms with van der Waals surface area (Å²) in [6.45, 7) is 1.38. The van der Waals surface area contributed by atoms with E-state index >= 15 is 0 Å². The van der Waals surface area contributed by atoms with Crippen LogP contribution in [0.2, 0.25) is 0 Å². The van der Waals surface area contributed by atoms with Gasteiger partial charge in [0.2, 0.25) is 0 Å². The summed E-state index contributed by atoms with van der Waals surface area (Å²) in [4.78, 5) is 0. The molecule has 0 aromatic heterocycles. The quantitative estimate of drug-likeness (QED) is 0.711. The van der Waals surface area contributed by atoms with Gasteiger partial charge in [-0.25, -0.2) is 0 Å². The van der Waals surface area contributed by atoms with Crippen molar-refractivity contribution in [2.75, 3.05) is 6.61 Å². The van der Waals surface area contributed by atoms with Crippen LogP contribution in [-0.2, 0) is 11.3 Å². The highest BCUT2D eigenvalue weighted by Gasteiger charge is 2.10. The van der Waals surface area contributed by atoms with Crippen molar-refractivity contribution < 1.29 is 9.47 Å². The Hall–Kier alpha value is -1.76. The Kier molecular flexibility index (Phi) is 5.74. The number of halogens is 1. The van der Waals surface area contributed by atoms with Gasteiger partial charge in [0.25, 0.3) is 0 Å². The third kappa shape index (κ3) is 4.86. The Morgan fingerprint density at radius 3 is 2.78 bits per heavy atom. The van der Waals surface area contributed by atoms with Crippen molar-refractivity contribution in [3.63, 3.8) is 0 Å². The Balaban J connectivity index is 1.67. The van der Waals surface area contributed by atoms with E-state index in [9.17, 15) is 0 Å². The van der Waals surface area contributed by atoms with E-state index in [1.807, 2.05) is 36.4 Å². The van der Waals surface area contributed by atoms with Crippen molar-refractivity contribution >= 4 is 15.9 Å². The van der Waals surface area contributed by atoms with Crippen LogP contribution in [0.4, 0.5) is 0 Å². The van der Waals surface area contributed by atoms with Crippen molar-refractivity contribution in [1.29, 1.82) is 0 Å². The number of benzene rings is 2. The molecular weight excluding hydrogens is 352 g/mol. The van der Waals surface area contributed by atoms with Gasteiger partial charge in [0.05, 0.1) is 0 Å². The number of hydrogen-bond acceptors (Lipinski definition) is 2. The number of ether oxygens (including phenoxy) is 2. The molecule has 3 heteroatoms. The Labute approximate surface area is 145 Å². The van der Waals surface area contributed by atoms with Crippen LogP contribution in [0, 0.1) is 11.8 Å². The van der Waals surface area contributed by atoms with Crippen LogP contribution in [0.3, 0.4) is 0 Å². The molecule has 2 aromatic carbocycles. The number of hydrogen-bond donors (Lipinski definition) is 0. The van der Waals surface area contributed by atoms with Gasteiger partial charge in [-0.15, -0.1) is 0 Å². The second-order valence-corrected chi connectivity index (χ2v) is 6.39. The van der Waals surface area contributed by atoms with Gasteiger partial charge in [-0.1, -0.05) is 42.2 Å². The maximum absolute atomic E-state index is 5.86. The highest BCUT2D eigenvalue weighted by Crippen LogP contribution is 2.23. The molecule has 118 valence electrons. The highest BCUT2D eigenvalue weighted by atomic mass is 79.9. The highest BCUT2D eigenvalue weighted by molar-refractivity contribution is 9.10. The van der Waals surface area contributed by atoms with Crippen molar-refractivity contribution in [1.82, 2.24) is 0 Å². The zero-order valence-corrected chi connectivity index (χ0v) is 14.5. The van der Waals surface area contributed by atoms with Crippen LogP contribution in [0.25, 0.3) is 0 Å². The van der Waals surface area contributed by atoms with E-state index in [-0.39, 0.29) is 6.10 Å². The van der Waals surface area contributed by atoms with E-state index in [1.165, 1.54) is 6.42 Å². The third-order valence-corrected chi connectivity index (χ3v) is 4.43. The van der Waals surface area contributed by atoms with E-state index in [4.69, 9.17) is 9.47 Å². The molecule has 0 saturated carbocycles. The second-order valence-electron chi connectivity index (χ2n) is 5.54. The van der Waals surface area contributed by atoms with Crippen LogP contribution in [-0.4, -0.2) is 12.7 Å². The average molecular weight is 371 g/mol. The van der Waals surface area contributed by atoms with Crippen molar-refractivity contribution in [3.05, 3.63) is 64.1 Å². The Bertz CT molecular complexity index is 695. The minimum absolute atomic E-state index is 0.0598. The van der Waals surface area contributed by atoms with Gasteiger partial charge in [0.1, 0.15) is 18.5 Å². The molecule has 3 rings (SSSR count). The summed E-state index contributed by atoms with van der Waals surface area (Å²) in [5.74, 6) is 7.27. The van der Waals surface area contributed by atoms with Gasteiger partial charge in [-0.2, -0.15) is 0 Å². The largest absolute Gasteiger partial charge is 0.489 e. The van der Waals surface area contributed by atoms with Crippen LogP contribution in [0.1, 0.15) is 30.4 Å². The van der Waals surface area contributed by atoms with Gasteiger partial charge in [0, 0.05) is 16.6 Å². The minimum atomic E-state index is 0.0598. The fourth-order valence-corrected chi connectivity index (χ4v) is 2.79. The monoisotopic (exact) mass is 370 g/mol. The Morgan fingerprint density at radius 2 is 2.00 bits per heavy atom. The molecule has 1 saturated heterocycles. The van der Waals surface area contributed by atoms with Crippen molar-refractivity contribution in [2.24, 2.45) is 0 Å². The van der Waals surface area contributed by atoms with Gasteiger partial charge in [0.15, 0.2) is 0 Å². The summed E-state index contributed by atoms with van der Waals surface area (Å²) in [5.41, 5.74) is 2.09. The zero-order chi connectivity index (χ0) is 15.9. The normalized spacial score (nSPS) is 17.2. The maximum atomic E-state index is 5.86.